The summed E-state index contributed by atoms with van der Waals surface area (Å²) in [7, 11) is 0. The number of hydrogen-bond acceptors (Lipinski definition) is 5. The Morgan fingerprint density at radius 1 is 1.31 bits per heavy atom. The quantitative estimate of drug-likeness (QED) is 0.788. The second-order valence-electron chi connectivity index (χ2n) is 7.25. The van der Waals surface area contributed by atoms with Crippen molar-refractivity contribution in [2.45, 2.75) is 63.0 Å². The molecule has 0 aliphatic heterocycles. The summed E-state index contributed by atoms with van der Waals surface area (Å²) in [6.45, 7) is 7.03. The highest BCUT2D eigenvalue weighted by Gasteiger charge is 2.29. The standard InChI is InChI=1S/C19H27N5OS/c1-13-8-7-11-17(14(13)2)20-18(25)15(3)26-19-21-22-23-24(19)12-16-9-5-4-6-10-16/h4-6,9-10,13-15,17H,7-8,11-12H2,1-3H3,(H,20,25). The second kappa shape index (κ2) is 8.66. The van der Waals surface area contributed by atoms with E-state index in [-0.39, 0.29) is 17.2 Å². The molecule has 6 nitrogen and oxygen atoms in total. The molecule has 3 rings (SSSR count). The van der Waals surface area contributed by atoms with Gasteiger partial charge in [0.05, 0.1) is 11.8 Å². The van der Waals surface area contributed by atoms with Gasteiger partial charge in [-0.15, -0.1) is 5.10 Å². The number of nitrogens with one attached hydrogen (secondary N) is 1. The molecule has 1 fully saturated rings. The molecule has 1 aromatic carbocycles. The second-order valence-corrected chi connectivity index (χ2v) is 8.56. The average Bonchev–Trinajstić information content (AvgIpc) is 3.06. The lowest BCUT2D eigenvalue weighted by Gasteiger charge is -2.35. The van der Waals surface area contributed by atoms with Gasteiger partial charge in [0.25, 0.3) is 0 Å². The van der Waals surface area contributed by atoms with Crippen molar-refractivity contribution in [1.29, 1.82) is 0 Å². The minimum Gasteiger partial charge on any atom is -0.352 e. The van der Waals surface area contributed by atoms with Crippen LogP contribution in [-0.2, 0) is 11.3 Å². The molecule has 1 amide bonds. The predicted octanol–water partition coefficient (Wildman–Crippen LogP) is 3.14. The number of carbonyl (C=O) groups is 1. The zero-order chi connectivity index (χ0) is 18.5. The van der Waals surface area contributed by atoms with E-state index in [0.29, 0.717) is 23.5 Å². The third-order valence-electron chi connectivity index (χ3n) is 5.36. The Hall–Kier alpha value is -1.89. The highest BCUT2D eigenvalue weighted by molar-refractivity contribution is 8.00. The van der Waals surface area contributed by atoms with Gasteiger partial charge in [0.15, 0.2) is 0 Å². The number of benzene rings is 1. The Balaban J connectivity index is 1.59. The summed E-state index contributed by atoms with van der Waals surface area (Å²) in [6.07, 6.45) is 3.51. The summed E-state index contributed by atoms with van der Waals surface area (Å²) in [6, 6.07) is 10.3. The van der Waals surface area contributed by atoms with Crippen molar-refractivity contribution < 1.29 is 4.79 Å². The van der Waals surface area contributed by atoms with Crippen LogP contribution < -0.4 is 5.32 Å². The van der Waals surface area contributed by atoms with Crippen molar-refractivity contribution in [2.75, 3.05) is 0 Å². The summed E-state index contributed by atoms with van der Waals surface area (Å²) in [5, 5.41) is 15.6. The largest absolute Gasteiger partial charge is 0.352 e. The lowest BCUT2D eigenvalue weighted by molar-refractivity contribution is -0.121. The van der Waals surface area contributed by atoms with Gasteiger partial charge in [-0.2, -0.15) is 0 Å². The average molecular weight is 374 g/mol. The molecule has 0 bridgehead atoms. The number of aromatic nitrogens is 4. The molecule has 1 N–H and O–H groups in total. The summed E-state index contributed by atoms with van der Waals surface area (Å²) in [4.78, 5) is 12.6. The molecule has 1 aliphatic carbocycles. The van der Waals surface area contributed by atoms with Gasteiger partial charge in [0.2, 0.25) is 11.1 Å². The SMILES string of the molecule is CC(Sc1nnnn1Cc1ccccc1)C(=O)NC1CCCC(C)C1C. The van der Waals surface area contributed by atoms with Crippen molar-refractivity contribution in [2.24, 2.45) is 11.8 Å². The van der Waals surface area contributed by atoms with Crippen molar-refractivity contribution in [3.8, 4) is 0 Å². The molecular formula is C19H27N5OS. The van der Waals surface area contributed by atoms with E-state index in [9.17, 15) is 4.79 Å². The fourth-order valence-corrected chi connectivity index (χ4v) is 4.23. The molecule has 140 valence electrons. The molecule has 0 saturated heterocycles. The first kappa shape index (κ1) is 18.9. The van der Waals surface area contributed by atoms with E-state index >= 15 is 0 Å². The van der Waals surface area contributed by atoms with E-state index < -0.39 is 0 Å². The van der Waals surface area contributed by atoms with Gasteiger partial charge >= 0.3 is 0 Å². The van der Waals surface area contributed by atoms with Crippen LogP contribution in [0.15, 0.2) is 35.5 Å². The summed E-state index contributed by atoms with van der Waals surface area (Å²) in [5.74, 6) is 1.25. The van der Waals surface area contributed by atoms with Gasteiger partial charge in [-0.1, -0.05) is 68.8 Å². The minimum atomic E-state index is -0.236. The molecule has 1 aromatic heterocycles. The van der Waals surface area contributed by atoms with Gasteiger partial charge in [-0.3, -0.25) is 4.79 Å². The van der Waals surface area contributed by atoms with Gasteiger partial charge in [-0.05, 0) is 41.2 Å². The fraction of sp³-hybridized carbons (Fsp3) is 0.579. The number of tetrazole rings is 1. The number of rotatable bonds is 6. The smallest absolute Gasteiger partial charge is 0.233 e. The zero-order valence-corrected chi connectivity index (χ0v) is 16.4. The maximum absolute atomic E-state index is 12.6. The molecule has 1 heterocycles. The van der Waals surface area contributed by atoms with E-state index in [4.69, 9.17) is 0 Å². The van der Waals surface area contributed by atoms with Gasteiger partial charge in [-0.25, -0.2) is 4.68 Å². The van der Waals surface area contributed by atoms with Crippen LogP contribution in [0.2, 0.25) is 0 Å². The van der Waals surface area contributed by atoms with E-state index in [1.807, 2.05) is 37.3 Å². The summed E-state index contributed by atoms with van der Waals surface area (Å²) >= 11 is 1.41. The molecule has 0 radical (unpaired) electrons. The number of amides is 1. The summed E-state index contributed by atoms with van der Waals surface area (Å²) < 4.78 is 1.75. The maximum atomic E-state index is 12.6. The number of thioether (sulfide) groups is 1. The Kier molecular flexibility index (Phi) is 6.29. The van der Waals surface area contributed by atoms with Crippen LogP contribution in [0.4, 0.5) is 0 Å². The van der Waals surface area contributed by atoms with Crippen molar-refractivity contribution in [3.63, 3.8) is 0 Å². The molecule has 0 spiro atoms. The third kappa shape index (κ3) is 4.63. The molecule has 7 heteroatoms. The van der Waals surface area contributed by atoms with Gasteiger partial charge in [0.1, 0.15) is 0 Å². The molecular weight excluding hydrogens is 346 g/mol. The van der Waals surface area contributed by atoms with Gasteiger partial charge in [0, 0.05) is 6.04 Å². The third-order valence-corrected chi connectivity index (χ3v) is 6.43. The van der Waals surface area contributed by atoms with Crippen LogP contribution in [0.25, 0.3) is 0 Å². The number of hydrogen-bond donors (Lipinski definition) is 1. The van der Waals surface area contributed by atoms with E-state index in [0.717, 1.165) is 12.0 Å². The van der Waals surface area contributed by atoms with Crippen LogP contribution >= 0.6 is 11.8 Å². The maximum Gasteiger partial charge on any atom is 0.233 e. The molecule has 2 aromatic rings. The van der Waals surface area contributed by atoms with Crippen LogP contribution in [0.1, 0.15) is 45.6 Å². The first-order valence-corrected chi connectivity index (χ1v) is 10.2. The van der Waals surface area contributed by atoms with Gasteiger partial charge < -0.3 is 5.32 Å². The number of carbonyl (C=O) groups excluding carboxylic acids is 1. The van der Waals surface area contributed by atoms with Crippen molar-refractivity contribution in [3.05, 3.63) is 35.9 Å². The molecule has 1 saturated carbocycles. The van der Waals surface area contributed by atoms with E-state index in [1.165, 1.54) is 24.6 Å². The first-order chi connectivity index (χ1) is 12.5. The summed E-state index contributed by atoms with van der Waals surface area (Å²) in [5.41, 5.74) is 1.13. The van der Waals surface area contributed by atoms with E-state index in [1.54, 1.807) is 4.68 Å². The zero-order valence-electron chi connectivity index (χ0n) is 15.6. The van der Waals surface area contributed by atoms with Crippen molar-refractivity contribution >= 4 is 17.7 Å². The predicted molar refractivity (Wildman–Crippen MR) is 103 cm³/mol. The van der Waals surface area contributed by atoms with E-state index in [2.05, 4.69) is 34.7 Å². The highest BCUT2D eigenvalue weighted by Crippen LogP contribution is 2.30. The molecule has 4 atom stereocenters. The van der Waals surface area contributed by atoms with Crippen LogP contribution in [0.3, 0.4) is 0 Å². The van der Waals surface area contributed by atoms with Crippen molar-refractivity contribution in [1.82, 2.24) is 25.5 Å². The Morgan fingerprint density at radius 3 is 2.85 bits per heavy atom. The highest BCUT2D eigenvalue weighted by atomic mass is 32.2. The first-order valence-electron chi connectivity index (χ1n) is 9.31. The Labute approximate surface area is 159 Å². The lowest BCUT2D eigenvalue weighted by atomic mass is 9.78. The Bertz CT molecular complexity index is 720. The molecule has 26 heavy (non-hydrogen) atoms. The van der Waals surface area contributed by atoms with Crippen LogP contribution in [0, 0.1) is 11.8 Å². The number of nitrogens with zero attached hydrogens (tertiary/aromatic N) is 4. The molecule has 4 unspecified atom stereocenters. The van der Waals surface area contributed by atoms with Crippen LogP contribution in [0.5, 0.6) is 0 Å². The monoisotopic (exact) mass is 373 g/mol. The molecule has 1 aliphatic rings. The fourth-order valence-electron chi connectivity index (χ4n) is 3.43. The lowest BCUT2D eigenvalue weighted by Crippen LogP contribution is -2.46. The Morgan fingerprint density at radius 2 is 2.08 bits per heavy atom. The van der Waals surface area contributed by atoms with Crippen LogP contribution in [-0.4, -0.2) is 37.4 Å². The minimum absolute atomic E-state index is 0.0650. The topological polar surface area (TPSA) is 72.7 Å². The normalized spacial score (nSPS) is 24.2.